The summed E-state index contributed by atoms with van der Waals surface area (Å²) in [4.78, 5) is 32.1. The molecule has 4 aromatic rings. The summed E-state index contributed by atoms with van der Waals surface area (Å²) in [5.41, 5.74) is 0.435. The first-order valence-electron chi connectivity index (χ1n) is 9.69. The number of esters is 1. The maximum absolute atomic E-state index is 14.1. The van der Waals surface area contributed by atoms with E-state index in [-0.39, 0.29) is 30.0 Å². The molecule has 10 heteroatoms. The van der Waals surface area contributed by atoms with E-state index in [1.54, 1.807) is 13.8 Å². The summed E-state index contributed by atoms with van der Waals surface area (Å²) in [6.45, 7) is 3.94. The van der Waals surface area contributed by atoms with E-state index in [1.807, 2.05) is 17.5 Å². The number of ether oxygens (including phenoxy) is 1. The molecular formula is C22H18F2N2O3S3. The minimum Gasteiger partial charge on any atom is -0.462 e. The van der Waals surface area contributed by atoms with Crippen molar-refractivity contribution >= 4 is 50.6 Å². The molecule has 0 radical (unpaired) electrons. The average Bonchev–Trinajstić information content (AvgIpc) is 3.39. The van der Waals surface area contributed by atoms with Crippen LogP contribution < -0.4 is 5.56 Å². The molecule has 0 spiro atoms. The molecule has 4 rings (SSSR count). The lowest BCUT2D eigenvalue weighted by Gasteiger charge is -2.12. The summed E-state index contributed by atoms with van der Waals surface area (Å²) in [6.07, 6.45) is 0. The fourth-order valence-corrected chi connectivity index (χ4v) is 5.97. The van der Waals surface area contributed by atoms with Gasteiger partial charge in [-0.3, -0.25) is 9.36 Å². The number of aryl methyl sites for hydroxylation is 1. The van der Waals surface area contributed by atoms with Crippen LogP contribution in [0.4, 0.5) is 8.78 Å². The van der Waals surface area contributed by atoms with Crippen molar-refractivity contribution in [2.45, 2.75) is 31.3 Å². The smallest absolute Gasteiger partial charge is 0.348 e. The molecule has 0 atom stereocenters. The average molecular weight is 493 g/mol. The molecule has 0 fully saturated rings. The van der Waals surface area contributed by atoms with Crippen LogP contribution in [0, 0.1) is 18.6 Å². The zero-order valence-corrected chi connectivity index (χ0v) is 19.6. The first kappa shape index (κ1) is 22.6. The van der Waals surface area contributed by atoms with Gasteiger partial charge < -0.3 is 4.74 Å². The maximum Gasteiger partial charge on any atom is 0.348 e. The molecule has 1 aromatic carbocycles. The second-order valence-corrected chi connectivity index (χ2v) is 9.82. The first-order valence-corrected chi connectivity index (χ1v) is 12.4. The molecule has 0 bridgehead atoms. The molecular weight excluding hydrogens is 474 g/mol. The fourth-order valence-electron chi connectivity index (χ4n) is 3.19. The summed E-state index contributed by atoms with van der Waals surface area (Å²) < 4.78 is 34.3. The monoisotopic (exact) mass is 492 g/mol. The van der Waals surface area contributed by atoms with E-state index in [0.29, 0.717) is 25.8 Å². The third kappa shape index (κ3) is 4.48. The van der Waals surface area contributed by atoms with Gasteiger partial charge in [-0.15, -0.1) is 22.7 Å². The lowest BCUT2D eigenvalue weighted by atomic mass is 10.2. The maximum atomic E-state index is 14.1. The Balaban J connectivity index is 1.81. The molecule has 0 unspecified atom stereocenters. The van der Waals surface area contributed by atoms with Gasteiger partial charge in [-0.2, -0.15) is 0 Å². The number of carbonyl (C=O) groups is 1. The molecule has 32 heavy (non-hydrogen) atoms. The van der Waals surface area contributed by atoms with Crippen molar-refractivity contribution in [3.63, 3.8) is 0 Å². The Hall–Kier alpha value is -2.56. The van der Waals surface area contributed by atoms with Gasteiger partial charge in [0, 0.05) is 16.2 Å². The van der Waals surface area contributed by atoms with E-state index in [2.05, 4.69) is 4.98 Å². The standard InChI is InChI=1S/C22H18F2N2O3S3/c1-3-29-21(28)18-12(2)17-19(32-18)25-22(26(20(17)27)10-15-5-4-8-30-15)31-11-13-9-14(23)6-7-16(13)24/h4-9H,3,10-11H2,1-2H3. The molecule has 166 valence electrons. The van der Waals surface area contributed by atoms with E-state index in [0.717, 1.165) is 46.2 Å². The van der Waals surface area contributed by atoms with E-state index >= 15 is 0 Å². The summed E-state index contributed by atoms with van der Waals surface area (Å²) in [7, 11) is 0. The first-order chi connectivity index (χ1) is 15.4. The Morgan fingerprint density at radius 3 is 2.81 bits per heavy atom. The van der Waals surface area contributed by atoms with Gasteiger partial charge in [-0.05, 0) is 49.1 Å². The number of hydrogen-bond donors (Lipinski definition) is 0. The Bertz CT molecular complexity index is 1350. The fraction of sp³-hybridized carbons (Fsp3) is 0.227. The molecule has 0 amide bonds. The Labute approximate surface area is 194 Å². The summed E-state index contributed by atoms with van der Waals surface area (Å²) in [5.74, 6) is -1.45. The minimum absolute atomic E-state index is 0.0983. The van der Waals surface area contributed by atoms with Gasteiger partial charge in [-0.25, -0.2) is 18.6 Å². The van der Waals surface area contributed by atoms with Crippen molar-refractivity contribution in [3.05, 3.63) is 78.6 Å². The summed E-state index contributed by atoms with van der Waals surface area (Å²) in [6, 6.07) is 7.07. The molecule has 0 saturated heterocycles. The second kappa shape index (κ2) is 9.51. The SMILES string of the molecule is CCOC(=O)c1sc2nc(SCc3cc(F)ccc3F)n(Cc3cccs3)c(=O)c2c1C. The number of hydrogen-bond acceptors (Lipinski definition) is 7. The van der Waals surface area contributed by atoms with Gasteiger partial charge in [0.2, 0.25) is 0 Å². The van der Waals surface area contributed by atoms with Gasteiger partial charge in [-0.1, -0.05) is 17.8 Å². The van der Waals surface area contributed by atoms with Gasteiger partial charge in [0.1, 0.15) is 21.3 Å². The molecule has 3 heterocycles. The Morgan fingerprint density at radius 1 is 1.28 bits per heavy atom. The van der Waals surface area contributed by atoms with Crippen molar-refractivity contribution < 1.29 is 18.3 Å². The molecule has 3 aromatic heterocycles. The molecule has 0 aliphatic rings. The van der Waals surface area contributed by atoms with Crippen LogP contribution in [0.2, 0.25) is 0 Å². The number of thiophene rings is 2. The number of fused-ring (bicyclic) bond motifs is 1. The number of halogens is 2. The normalized spacial score (nSPS) is 11.2. The zero-order valence-electron chi connectivity index (χ0n) is 17.2. The number of carbonyl (C=O) groups excluding carboxylic acids is 1. The summed E-state index contributed by atoms with van der Waals surface area (Å²) in [5, 5.41) is 2.66. The quantitative estimate of drug-likeness (QED) is 0.190. The van der Waals surface area contributed by atoms with Crippen molar-refractivity contribution in [1.82, 2.24) is 9.55 Å². The second-order valence-electron chi connectivity index (χ2n) is 6.85. The van der Waals surface area contributed by atoms with Crippen LogP contribution in [0.15, 0.2) is 45.7 Å². The van der Waals surface area contributed by atoms with Crippen molar-refractivity contribution in [1.29, 1.82) is 0 Å². The third-order valence-corrected chi connectivity index (χ3v) is 7.79. The molecule has 0 aliphatic carbocycles. The van der Waals surface area contributed by atoms with E-state index in [9.17, 15) is 18.4 Å². The highest BCUT2D eigenvalue weighted by Gasteiger charge is 2.23. The van der Waals surface area contributed by atoms with Gasteiger partial charge in [0.25, 0.3) is 5.56 Å². The zero-order chi connectivity index (χ0) is 22.8. The topological polar surface area (TPSA) is 61.2 Å². The lowest BCUT2D eigenvalue weighted by molar-refractivity contribution is 0.0531. The van der Waals surface area contributed by atoms with Crippen molar-refractivity contribution in [2.24, 2.45) is 0 Å². The van der Waals surface area contributed by atoms with Crippen LogP contribution in [-0.2, 0) is 17.0 Å². The van der Waals surface area contributed by atoms with Crippen LogP contribution in [0.3, 0.4) is 0 Å². The highest BCUT2D eigenvalue weighted by atomic mass is 32.2. The molecule has 0 aliphatic heterocycles. The lowest BCUT2D eigenvalue weighted by Crippen LogP contribution is -2.23. The molecule has 5 nitrogen and oxygen atoms in total. The van der Waals surface area contributed by atoms with E-state index < -0.39 is 17.6 Å². The number of benzene rings is 1. The predicted molar refractivity (Wildman–Crippen MR) is 124 cm³/mol. The Morgan fingerprint density at radius 2 is 2.09 bits per heavy atom. The largest absolute Gasteiger partial charge is 0.462 e. The highest BCUT2D eigenvalue weighted by Crippen LogP contribution is 2.31. The minimum atomic E-state index is -0.533. The van der Waals surface area contributed by atoms with Crippen LogP contribution >= 0.6 is 34.4 Å². The Kier molecular flexibility index (Phi) is 6.73. The predicted octanol–water partition coefficient (Wildman–Crippen LogP) is 5.62. The van der Waals surface area contributed by atoms with Crippen LogP contribution in [0.5, 0.6) is 0 Å². The number of rotatable bonds is 7. The van der Waals surface area contributed by atoms with Crippen LogP contribution in [0.1, 0.15) is 32.6 Å². The van der Waals surface area contributed by atoms with E-state index in [1.165, 1.54) is 15.9 Å². The van der Waals surface area contributed by atoms with Crippen molar-refractivity contribution in [2.75, 3.05) is 6.61 Å². The van der Waals surface area contributed by atoms with Gasteiger partial charge >= 0.3 is 5.97 Å². The number of nitrogens with zero attached hydrogens (tertiary/aromatic N) is 2. The van der Waals surface area contributed by atoms with Crippen LogP contribution in [-0.4, -0.2) is 22.1 Å². The van der Waals surface area contributed by atoms with E-state index in [4.69, 9.17) is 4.74 Å². The van der Waals surface area contributed by atoms with Gasteiger partial charge in [0.15, 0.2) is 5.16 Å². The summed E-state index contributed by atoms with van der Waals surface area (Å²) >= 11 is 3.75. The molecule has 0 saturated carbocycles. The van der Waals surface area contributed by atoms with Crippen LogP contribution in [0.25, 0.3) is 10.2 Å². The van der Waals surface area contributed by atoms with Gasteiger partial charge in [0.05, 0.1) is 18.5 Å². The number of thioether (sulfide) groups is 1. The highest BCUT2D eigenvalue weighted by molar-refractivity contribution is 7.98. The molecule has 0 N–H and O–H groups in total. The third-order valence-electron chi connectivity index (χ3n) is 4.73. The van der Waals surface area contributed by atoms with Crippen molar-refractivity contribution in [3.8, 4) is 0 Å². The number of aromatic nitrogens is 2.